The summed E-state index contributed by atoms with van der Waals surface area (Å²) < 4.78 is 19.4. The lowest BCUT2D eigenvalue weighted by molar-refractivity contribution is -0.135. The first-order valence-corrected chi connectivity index (χ1v) is 9.57. The van der Waals surface area contributed by atoms with Crippen molar-refractivity contribution >= 4 is 5.91 Å². The number of halogens is 1. The summed E-state index contributed by atoms with van der Waals surface area (Å²) in [4.78, 5) is 17.4. The average molecular weight is 348 g/mol. The minimum atomic E-state index is -0.293. The molecule has 5 heteroatoms. The molecule has 138 valence electrons. The molecule has 0 atom stereocenters. The Bertz CT molecular complexity index is 554. The van der Waals surface area contributed by atoms with Gasteiger partial charge in [0.05, 0.1) is 6.42 Å². The molecule has 2 heterocycles. The Labute approximate surface area is 149 Å². The third-order valence-electron chi connectivity index (χ3n) is 5.36. The smallest absolute Gasteiger partial charge is 0.227 e. The Kier molecular flexibility index (Phi) is 6.82. The van der Waals surface area contributed by atoms with E-state index in [1.807, 2.05) is 4.90 Å². The van der Waals surface area contributed by atoms with E-state index in [0.717, 1.165) is 39.0 Å². The number of benzene rings is 1. The number of hydrogen-bond acceptors (Lipinski definition) is 3. The van der Waals surface area contributed by atoms with Crippen LogP contribution in [0.15, 0.2) is 24.3 Å². The van der Waals surface area contributed by atoms with Gasteiger partial charge < -0.3 is 14.5 Å². The second-order valence-corrected chi connectivity index (χ2v) is 7.10. The molecular weight excluding hydrogens is 319 g/mol. The molecule has 0 saturated carbocycles. The van der Waals surface area contributed by atoms with Crippen LogP contribution < -0.4 is 0 Å². The third kappa shape index (κ3) is 5.25. The first kappa shape index (κ1) is 18.3. The van der Waals surface area contributed by atoms with E-state index >= 15 is 0 Å². The topological polar surface area (TPSA) is 32.8 Å². The van der Waals surface area contributed by atoms with Crippen LogP contribution in [-0.2, 0) is 16.0 Å². The van der Waals surface area contributed by atoms with Crippen LogP contribution in [0.25, 0.3) is 0 Å². The zero-order valence-corrected chi connectivity index (χ0v) is 15.0. The number of likely N-dealkylation sites (tertiary alicyclic amines) is 1. The van der Waals surface area contributed by atoms with Gasteiger partial charge in [-0.05, 0) is 50.4 Å². The zero-order valence-electron chi connectivity index (χ0n) is 15.0. The molecule has 0 spiro atoms. The van der Waals surface area contributed by atoms with E-state index in [0.29, 0.717) is 18.8 Å². The number of rotatable bonds is 6. The van der Waals surface area contributed by atoms with E-state index in [9.17, 15) is 9.18 Å². The Morgan fingerprint density at radius 1 is 1.16 bits per heavy atom. The lowest BCUT2D eigenvalue weighted by Crippen LogP contribution is -2.48. The third-order valence-corrected chi connectivity index (χ3v) is 5.36. The van der Waals surface area contributed by atoms with E-state index < -0.39 is 0 Å². The first-order chi connectivity index (χ1) is 12.2. The number of carbonyl (C=O) groups is 1. The highest BCUT2D eigenvalue weighted by molar-refractivity contribution is 5.79. The van der Waals surface area contributed by atoms with Crippen molar-refractivity contribution in [2.45, 2.75) is 44.6 Å². The fraction of sp³-hybridized carbons (Fsp3) is 0.650. The van der Waals surface area contributed by atoms with Crippen LogP contribution in [0.1, 0.15) is 37.7 Å². The van der Waals surface area contributed by atoms with Gasteiger partial charge >= 0.3 is 0 Å². The van der Waals surface area contributed by atoms with Crippen molar-refractivity contribution < 1.29 is 13.9 Å². The minimum absolute atomic E-state index is 0.0361. The zero-order chi connectivity index (χ0) is 17.5. The molecule has 1 aromatic rings. The Morgan fingerprint density at radius 3 is 2.60 bits per heavy atom. The molecule has 0 unspecified atom stereocenters. The highest BCUT2D eigenvalue weighted by Crippen LogP contribution is 2.18. The van der Waals surface area contributed by atoms with Gasteiger partial charge in [0.25, 0.3) is 0 Å². The predicted octanol–water partition coefficient (Wildman–Crippen LogP) is 2.86. The van der Waals surface area contributed by atoms with E-state index in [1.54, 1.807) is 18.2 Å². The van der Waals surface area contributed by atoms with Gasteiger partial charge in [0.2, 0.25) is 5.91 Å². The van der Waals surface area contributed by atoms with Crippen LogP contribution in [0.5, 0.6) is 0 Å². The number of amides is 1. The summed E-state index contributed by atoms with van der Waals surface area (Å²) in [5, 5.41) is 0. The van der Waals surface area contributed by atoms with Gasteiger partial charge in [-0.25, -0.2) is 4.39 Å². The largest absolute Gasteiger partial charge is 0.381 e. The monoisotopic (exact) mass is 348 g/mol. The molecule has 3 rings (SSSR count). The highest BCUT2D eigenvalue weighted by atomic mass is 19.1. The van der Waals surface area contributed by atoms with Gasteiger partial charge in [0.15, 0.2) is 0 Å². The molecule has 0 aliphatic carbocycles. The van der Waals surface area contributed by atoms with Gasteiger partial charge in [-0.2, -0.15) is 0 Å². The fourth-order valence-electron chi connectivity index (χ4n) is 3.85. The summed E-state index contributed by atoms with van der Waals surface area (Å²) in [6.07, 6.45) is 5.71. The number of ether oxygens (including phenoxy) is 1. The first-order valence-electron chi connectivity index (χ1n) is 9.57. The van der Waals surface area contributed by atoms with Crippen molar-refractivity contribution in [3.63, 3.8) is 0 Å². The summed E-state index contributed by atoms with van der Waals surface area (Å²) in [5.41, 5.74) is 0.488. The Balaban J connectivity index is 1.64. The lowest BCUT2D eigenvalue weighted by atomic mass is 10.0. The van der Waals surface area contributed by atoms with Crippen molar-refractivity contribution in [2.75, 3.05) is 39.4 Å². The number of piperidine rings is 1. The van der Waals surface area contributed by atoms with E-state index in [1.165, 1.54) is 25.3 Å². The molecule has 0 N–H and O–H groups in total. The standard InChI is InChI=1S/C20H29FN2O2/c21-19-7-3-2-6-17(19)16-20(24)23(18-8-14-25-15-9-18)13-12-22-10-4-1-5-11-22/h2-3,6-7,18H,1,4-5,8-16H2. The van der Waals surface area contributed by atoms with Crippen LogP contribution >= 0.6 is 0 Å². The molecule has 25 heavy (non-hydrogen) atoms. The van der Waals surface area contributed by atoms with E-state index in [4.69, 9.17) is 4.74 Å². The second kappa shape index (κ2) is 9.30. The van der Waals surface area contributed by atoms with E-state index in [2.05, 4.69) is 4.90 Å². The summed E-state index contributed by atoms with van der Waals surface area (Å²) in [6, 6.07) is 6.81. The quantitative estimate of drug-likeness (QED) is 0.792. The van der Waals surface area contributed by atoms with Crippen molar-refractivity contribution in [3.8, 4) is 0 Å². The van der Waals surface area contributed by atoms with Crippen LogP contribution in [0.2, 0.25) is 0 Å². The summed E-state index contributed by atoms with van der Waals surface area (Å²) in [7, 11) is 0. The van der Waals surface area contributed by atoms with Crippen LogP contribution in [0, 0.1) is 5.82 Å². The van der Waals surface area contributed by atoms with Crippen LogP contribution in [-0.4, -0.2) is 61.1 Å². The maximum Gasteiger partial charge on any atom is 0.227 e. The molecule has 2 fully saturated rings. The maximum atomic E-state index is 13.9. The SMILES string of the molecule is O=C(Cc1ccccc1F)N(CCN1CCCCC1)C1CCOCC1. The molecule has 2 aliphatic rings. The van der Waals surface area contributed by atoms with Gasteiger partial charge in [0.1, 0.15) is 5.82 Å². The van der Waals surface area contributed by atoms with Crippen molar-refractivity contribution in [3.05, 3.63) is 35.6 Å². The number of hydrogen-bond donors (Lipinski definition) is 0. The summed E-state index contributed by atoms with van der Waals surface area (Å²) in [6.45, 7) is 5.32. The van der Waals surface area contributed by atoms with Crippen molar-refractivity contribution in [2.24, 2.45) is 0 Å². The van der Waals surface area contributed by atoms with Gasteiger partial charge in [-0.15, -0.1) is 0 Å². The summed E-state index contributed by atoms with van der Waals surface area (Å²) in [5.74, 6) is -0.257. The van der Waals surface area contributed by atoms with Crippen molar-refractivity contribution in [1.82, 2.24) is 9.80 Å². The molecule has 0 aromatic heterocycles. The van der Waals surface area contributed by atoms with Crippen LogP contribution in [0.4, 0.5) is 4.39 Å². The average Bonchev–Trinajstić information content (AvgIpc) is 2.65. The molecule has 2 saturated heterocycles. The normalized spacial score (nSPS) is 19.7. The molecule has 2 aliphatic heterocycles. The Morgan fingerprint density at radius 2 is 1.88 bits per heavy atom. The minimum Gasteiger partial charge on any atom is -0.381 e. The lowest BCUT2D eigenvalue weighted by Gasteiger charge is -2.36. The summed E-state index contributed by atoms with van der Waals surface area (Å²) >= 11 is 0. The van der Waals surface area contributed by atoms with Gasteiger partial charge in [0, 0.05) is 32.3 Å². The van der Waals surface area contributed by atoms with E-state index in [-0.39, 0.29) is 24.2 Å². The van der Waals surface area contributed by atoms with Gasteiger partial charge in [-0.1, -0.05) is 24.6 Å². The molecule has 0 bridgehead atoms. The maximum absolute atomic E-state index is 13.9. The molecular formula is C20H29FN2O2. The second-order valence-electron chi connectivity index (χ2n) is 7.10. The van der Waals surface area contributed by atoms with Gasteiger partial charge in [-0.3, -0.25) is 4.79 Å². The number of carbonyl (C=O) groups excluding carboxylic acids is 1. The molecule has 1 amide bonds. The number of nitrogens with zero attached hydrogens (tertiary/aromatic N) is 2. The molecule has 1 aromatic carbocycles. The predicted molar refractivity (Wildman–Crippen MR) is 95.9 cm³/mol. The fourth-order valence-corrected chi connectivity index (χ4v) is 3.85. The molecule has 0 radical (unpaired) electrons. The Hall–Kier alpha value is -1.46. The molecule has 4 nitrogen and oxygen atoms in total. The van der Waals surface area contributed by atoms with Crippen LogP contribution in [0.3, 0.4) is 0 Å². The highest BCUT2D eigenvalue weighted by Gasteiger charge is 2.26. The van der Waals surface area contributed by atoms with Crippen molar-refractivity contribution in [1.29, 1.82) is 0 Å².